The summed E-state index contributed by atoms with van der Waals surface area (Å²) in [6.45, 7) is 7.89. The van der Waals surface area contributed by atoms with E-state index in [1.54, 1.807) is 6.92 Å². The van der Waals surface area contributed by atoms with Gasteiger partial charge >= 0.3 is 5.97 Å². The molecule has 0 aromatic rings. The molecule has 2 heteroatoms. The van der Waals surface area contributed by atoms with Crippen LogP contribution >= 0.6 is 0 Å². The molecule has 0 aromatic carbocycles. The minimum Gasteiger partial charge on any atom is -0.481 e. The first-order valence-corrected chi connectivity index (χ1v) is 3.56. The van der Waals surface area contributed by atoms with Crippen molar-refractivity contribution in [3.8, 4) is 0 Å². The summed E-state index contributed by atoms with van der Waals surface area (Å²) in [5.41, 5.74) is 0.123. The summed E-state index contributed by atoms with van der Waals surface area (Å²) in [6.07, 6.45) is 0.738. The van der Waals surface area contributed by atoms with Gasteiger partial charge in [0, 0.05) is 0 Å². The predicted molar refractivity (Wildman–Crippen MR) is 40.9 cm³/mol. The first-order chi connectivity index (χ1) is 4.33. The Morgan fingerprint density at radius 3 is 2.00 bits per heavy atom. The molecule has 0 spiro atoms. The second-order valence-corrected chi connectivity index (χ2v) is 4.00. The van der Waals surface area contributed by atoms with Crippen LogP contribution in [-0.2, 0) is 4.79 Å². The number of carboxylic acids is 1. The topological polar surface area (TPSA) is 37.3 Å². The Labute approximate surface area is 62.2 Å². The summed E-state index contributed by atoms with van der Waals surface area (Å²) in [5.74, 6) is -0.921. The van der Waals surface area contributed by atoms with E-state index in [1.165, 1.54) is 0 Å². The summed E-state index contributed by atoms with van der Waals surface area (Å²) in [4.78, 5) is 10.4. The molecule has 0 amide bonds. The smallest absolute Gasteiger partial charge is 0.306 e. The number of aliphatic carboxylic acids is 1. The van der Waals surface area contributed by atoms with E-state index in [0.29, 0.717) is 0 Å². The molecule has 1 atom stereocenters. The fourth-order valence-electron chi connectivity index (χ4n) is 1.01. The lowest BCUT2D eigenvalue weighted by atomic mass is 9.86. The van der Waals surface area contributed by atoms with Crippen LogP contribution < -0.4 is 0 Å². The van der Waals surface area contributed by atoms with Crippen molar-refractivity contribution in [2.75, 3.05) is 0 Å². The van der Waals surface area contributed by atoms with Crippen molar-refractivity contribution in [2.45, 2.75) is 34.1 Å². The molecule has 0 aliphatic carbocycles. The zero-order valence-corrected chi connectivity index (χ0v) is 7.14. The van der Waals surface area contributed by atoms with Gasteiger partial charge in [0.1, 0.15) is 0 Å². The Kier molecular flexibility index (Phi) is 2.88. The van der Waals surface area contributed by atoms with Crippen LogP contribution in [0.25, 0.3) is 0 Å². The molecule has 2 nitrogen and oxygen atoms in total. The van der Waals surface area contributed by atoms with Crippen LogP contribution in [0.3, 0.4) is 0 Å². The molecule has 0 fully saturated rings. The molecule has 0 saturated carbocycles. The van der Waals surface area contributed by atoms with Gasteiger partial charge in [-0.1, -0.05) is 27.7 Å². The highest BCUT2D eigenvalue weighted by Gasteiger charge is 2.19. The molecule has 0 rings (SSSR count). The number of carboxylic acid groups (broad SMARTS) is 1. The molecule has 10 heavy (non-hydrogen) atoms. The molecule has 0 unspecified atom stereocenters. The molecular formula is C8H16O2. The molecule has 0 aromatic heterocycles. The third kappa shape index (κ3) is 4.36. The van der Waals surface area contributed by atoms with Crippen molar-refractivity contribution >= 4 is 5.97 Å². The summed E-state index contributed by atoms with van der Waals surface area (Å²) in [6, 6.07) is 0. The SMILES string of the molecule is C[C@H](CC(C)(C)C)C(=O)O. The van der Waals surface area contributed by atoms with Crippen LogP contribution in [0.2, 0.25) is 0 Å². The van der Waals surface area contributed by atoms with Crippen LogP contribution in [-0.4, -0.2) is 11.1 Å². The lowest BCUT2D eigenvalue weighted by Crippen LogP contribution is -2.17. The van der Waals surface area contributed by atoms with Crippen molar-refractivity contribution in [3.05, 3.63) is 0 Å². The van der Waals surface area contributed by atoms with Gasteiger partial charge in [-0.15, -0.1) is 0 Å². The summed E-state index contributed by atoms with van der Waals surface area (Å²) >= 11 is 0. The zero-order valence-electron chi connectivity index (χ0n) is 7.14. The minimum atomic E-state index is -0.699. The van der Waals surface area contributed by atoms with Crippen LogP contribution in [0.15, 0.2) is 0 Å². The van der Waals surface area contributed by atoms with Crippen LogP contribution in [0.4, 0.5) is 0 Å². The van der Waals surface area contributed by atoms with Crippen LogP contribution in [0.1, 0.15) is 34.1 Å². The normalized spacial score (nSPS) is 14.8. The van der Waals surface area contributed by atoms with Gasteiger partial charge < -0.3 is 5.11 Å². The van der Waals surface area contributed by atoms with Crippen molar-refractivity contribution in [1.29, 1.82) is 0 Å². The van der Waals surface area contributed by atoms with Gasteiger partial charge in [-0.25, -0.2) is 0 Å². The van der Waals surface area contributed by atoms with E-state index in [1.807, 2.05) is 20.8 Å². The minimum absolute atomic E-state index is 0.123. The zero-order chi connectivity index (χ0) is 8.36. The molecule has 60 valence electrons. The summed E-state index contributed by atoms with van der Waals surface area (Å²) in [5, 5.41) is 8.55. The number of carbonyl (C=O) groups is 1. The van der Waals surface area contributed by atoms with Gasteiger partial charge in [0.25, 0.3) is 0 Å². The van der Waals surface area contributed by atoms with Crippen molar-refractivity contribution < 1.29 is 9.90 Å². The van der Waals surface area contributed by atoms with E-state index in [4.69, 9.17) is 5.11 Å². The maximum absolute atomic E-state index is 10.4. The highest BCUT2D eigenvalue weighted by atomic mass is 16.4. The first-order valence-electron chi connectivity index (χ1n) is 3.56. The third-order valence-electron chi connectivity index (χ3n) is 1.34. The van der Waals surface area contributed by atoms with Crippen molar-refractivity contribution in [1.82, 2.24) is 0 Å². The molecule has 1 N–H and O–H groups in total. The van der Waals surface area contributed by atoms with Gasteiger partial charge in [-0.2, -0.15) is 0 Å². The number of hydrogen-bond donors (Lipinski definition) is 1. The molecule has 0 aliphatic heterocycles. The first kappa shape index (κ1) is 9.47. The average Bonchev–Trinajstić information content (AvgIpc) is 1.60. The third-order valence-corrected chi connectivity index (χ3v) is 1.34. The molecule has 0 radical (unpaired) electrons. The molecule has 0 bridgehead atoms. The van der Waals surface area contributed by atoms with E-state index in [0.717, 1.165) is 6.42 Å². The standard InChI is InChI=1S/C8H16O2/c1-6(7(9)10)5-8(2,3)4/h6H,5H2,1-4H3,(H,9,10)/t6-/m1/s1. The predicted octanol–water partition coefficient (Wildman–Crippen LogP) is 2.14. The van der Waals surface area contributed by atoms with Gasteiger partial charge in [-0.3, -0.25) is 4.79 Å². The fraction of sp³-hybridized carbons (Fsp3) is 0.875. The van der Waals surface area contributed by atoms with Crippen molar-refractivity contribution in [2.24, 2.45) is 11.3 Å². The Bertz CT molecular complexity index is 122. The average molecular weight is 144 g/mol. The van der Waals surface area contributed by atoms with E-state index < -0.39 is 5.97 Å². The van der Waals surface area contributed by atoms with Gasteiger partial charge in [0.15, 0.2) is 0 Å². The van der Waals surface area contributed by atoms with Crippen LogP contribution in [0.5, 0.6) is 0 Å². The molecule has 0 saturated heterocycles. The van der Waals surface area contributed by atoms with E-state index >= 15 is 0 Å². The van der Waals surface area contributed by atoms with Gasteiger partial charge in [-0.05, 0) is 11.8 Å². The highest BCUT2D eigenvalue weighted by molar-refractivity contribution is 5.69. The maximum atomic E-state index is 10.4. The molecule has 0 aliphatic rings. The quantitative estimate of drug-likeness (QED) is 0.644. The number of rotatable bonds is 2. The van der Waals surface area contributed by atoms with Gasteiger partial charge in [0.2, 0.25) is 0 Å². The lowest BCUT2D eigenvalue weighted by Gasteiger charge is -2.20. The van der Waals surface area contributed by atoms with E-state index in [9.17, 15) is 4.79 Å². The Balaban J connectivity index is 3.80. The number of hydrogen-bond acceptors (Lipinski definition) is 1. The highest BCUT2D eigenvalue weighted by Crippen LogP contribution is 2.23. The second kappa shape index (κ2) is 3.04. The Morgan fingerprint density at radius 1 is 1.50 bits per heavy atom. The lowest BCUT2D eigenvalue weighted by molar-refractivity contribution is -0.142. The van der Waals surface area contributed by atoms with Crippen molar-refractivity contribution in [3.63, 3.8) is 0 Å². The summed E-state index contributed by atoms with van der Waals surface area (Å²) < 4.78 is 0. The molecular weight excluding hydrogens is 128 g/mol. The Morgan fingerprint density at radius 2 is 1.90 bits per heavy atom. The van der Waals surface area contributed by atoms with Gasteiger partial charge in [0.05, 0.1) is 5.92 Å². The van der Waals surface area contributed by atoms with Crippen LogP contribution in [0, 0.1) is 11.3 Å². The maximum Gasteiger partial charge on any atom is 0.306 e. The van der Waals surface area contributed by atoms with E-state index in [2.05, 4.69) is 0 Å². The van der Waals surface area contributed by atoms with E-state index in [-0.39, 0.29) is 11.3 Å². The molecule has 0 heterocycles. The fourth-order valence-corrected chi connectivity index (χ4v) is 1.01. The summed E-state index contributed by atoms with van der Waals surface area (Å²) in [7, 11) is 0. The largest absolute Gasteiger partial charge is 0.481 e. The second-order valence-electron chi connectivity index (χ2n) is 4.00. The monoisotopic (exact) mass is 144 g/mol. The Hall–Kier alpha value is -0.530.